The Kier molecular flexibility index (Phi) is 5.17. The van der Waals surface area contributed by atoms with Crippen molar-refractivity contribution < 1.29 is 0 Å². The van der Waals surface area contributed by atoms with E-state index in [0.717, 1.165) is 30.4 Å². The lowest BCUT2D eigenvalue weighted by molar-refractivity contribution is 0.391. The number of nitrogens with zero attached hydrogens (tertiary/aromatic N) is 2. The van der Waals surface area contributed by atoms with Crippen LogP contribution in [0.5, 0.6) is 0 Å². The van der Waals surface area contributed by atoms with E-state index in [1.54, 1.807) is 0 Å². The van der Waals surface area contributed by atoms with E-state index in [0.29, 0.717) is 17.8 Å². The number of rotatable bonds is 6. The maximum absolute atomic E-state index is 5.49. The summed E-state index contributed by atoms with van der Waals surface area (Å²) in [6.07, 6.45) is 5.70. The molecule has 1 aliphatic carbocycles. The van der Waals surface area contributed by atoms with Gasteiger partial charge in [0.25, 0.3) is 0 Å². The smallest absolute Gasteiger partial charge is 0.145 e. The first-order valence-corrected chi connectivity index (χ1v) is 7.79. The van der Waals surface area contributed by atoms with Gasteiger partial charge in [-0.2, -0.15) is 0 Å². The van der Waals surface area contributed by atoms with Crippen molar-refractivity contribution >= 4 is 11.6 Å². The average molecular weight is 277 g/mol. The SMILES string of the molecule is CCCc1nc(NN)cc(NC2CCC(CC)C2C)n1. The molecule has 112 valence electrons. The summed E-state index contributed by atoms with van der Waals surface area (Å²) in [4.78, 5) is 8.98. The van der Waals surface area contributed by atoms with Gasteiger partial charge in [-0.3, -0.25) is 0 Å². The first-order chi connectivity index (χ1) is 9.67. The largest absolute Gasteiger partial charge is 0.367 e. The fourth-order valence-corrected chi connectivity index (χ4v) is 3.20. The number of hydrazine groups is 1. The maximum atomic E-state index is 5.49. The van der Waals surface area contributed by atoms with Crippen molar-refractivity contribution in [1.82, 2.24) is 9.97 Å². The van der Waals surface area contributed by atoms with Gasteiger partial charge in [-0.1, -0.05) is 27.2 Å². The molecule has 4 N–H and O–H groups in total. The van der Waals surface area contributed by atoms with E-state index in [1.807, 2.05) is 6.07 Å². The highest BCUT2D eigenvalue weighted by molar-refractivity contribution is 5.47. The lowest BCUT2D eigenvalue weighted by atomic mass is 9.93. The fourth-order valence-electron chi connectivity index (χ4n) is 3.20. The van der Waals surface area contributed by atoms with Crippen LogP contribution in [0.15, 0.2) is 6.07 Å². The summed E-state index contributed by atoms with van der Waals surface area (Å²) in [7, 11) is 0. The lowest BCUT2D eigenvalue weighted by Crippen LogP contribution is -2.25. The second-order valence-electron chi connectivity index (χ2n) is 5.80. The summed E-state index contributed by atoms with van der Waals surface area (Å²) >= 11 is 0. The van der Waals surface area contributed by atoms with Gasteiger partial charge in [0.1, 0.15) is 17.5 Å². The Balaban J connectivity index is 2.10. The van der Waals surface area contributed by atoms with Crippen molar-refractivity contribution in [3.05, 3.63) is 11.9 Å². The van der Waals surface area contributed by atoms with Crippen LogP contribution in [0.2, 0.25) is 0 Å². The number of nitrogen functional groups attached to an aromatic ring is 1. The molecule has 0 aromatic carbocycles. The zero-order chi connectivity index (χ0) is 14.5. The maximum Gasteiger partial charge on any atom is 0.145 e. The molecule has 0 amide bonds. The van der Waals surface area contributed by atoms with Crippen LogP contribution >= 0.6 is 0 Å². The molecule has 1 aromatic heterocycles. The zero-order valence-electron chi connectivity index (χ0n) is 12.8. The molecule has 1 heterocycles. The Hall–Kier alpha value is -1.36. The highest BCUT2D eigenvalue weighted by atomic mass is 15.3. The van der Waals surface area contributed by atoms with Gasteiger partial charge in [-0.05, 0) is 31.1 Å². The first-order valence-electron chi connectivity index (χ1n) is 7.79. The third-order valence-electron chi connectivity index (χ3n) is 4.48. The predicted molar refractivity (Wildman–Crippen MR) is 83.4 cm³/mol. The molecule has 0 saturated heterocycles. The van der Waals surface area contributed by atoms with Crippen molar-refractivity contribution in [2.75, 3.05) is 10.7 Å². The molecule has 3 unspecified atom stereocenters. The van der Waals surface area contributed by atoms with E-state index in [1.165, 1.54) is 19.3 Å². The Morgan fingerprint density at radius 1 is 1.25 bits per heavy atom. The number of hydrogen-bond donors (Lipinski definition) is 3. The van der Waals surface area contributed by atoms with Crippen LogP contribution in [0.1, 0.15) is 52.3 Å². The molecule has 0 spiro atoms. The number of aryl methyl sites for hydroxylation is 1. The number of anilines is 2. The number of hydrogen-bond acceptors (Lipinski definition) is 5. The average Bonchev–Trinajstić information content (AvgIpc) is 2.79. The van der Waals surface area contributed by atoms with Crippen LogP contribution in [0.25, 0.3) is 0 Å². The molecule has 1 fully saturated rings. The monoisotopic (exact) mass is 277 g/mol. The minimum atomic E-state index is 0.509. The molecule has 5 heteroatoms. The highest BCUT2D eigenvalue weighted by Crippen LogP contribution is 2.35. The van der Waals surface area contributed by atoms with Gasteiger partial charge in [-0.15, -0.1) is 0 Å². The fraction of sp³-hybridized carbons (Fsp3) is 0.733. The minimum absolute atomic E-state index is 0.509. The summed E-state index contributed by atoms with van der Waals surface area (Å²) in [5.41, 5.74) is 2.63. The molecule has 1 saturated carbocycles. The molecule has 2 rings (SSSR count). The summed E-state index contributed by atoms with van der Waals surface area (Å²) in [6.45, 7) is 6.75. The normalized spacial score (nSPS) is 25.7. The van der Waals surface area contributed by atoms with E-state index in [9.17, 15) is 0 Å². The molecule has 0 bridgehead atoms. The van der Waals surface area contributed by atoms with Gasteiger partial charge >= 0.3 is 0 Å². The van der Waals surface area contributed by atoms with Gasteiger partial charge in [0.05, 0.1) is 0 Å². The molecule has 0 aliphatic heterocycles. The molecule has 20 heavy (non-hydrogen) atoms. The second-order valence-corrected chi connectivity index (χ2v) is 5.80. The van der Waals surface area contributed by atoms with Crippen LogP contribution in [-0.4, -0.2) is 16.0 Å². The van der Waals surface area contributed by atoms with E-state index in [4.69, 9.17) is 5.84 Å². The van der Waals surface area contributed by atoms with Gasteiger partial charge in [-0.25, -0.2) is 15.8 Å². The molecule has 5 nitrogen and oxygen atoms in total. The standard InChI is InChI=1S/C15H27N5/c1-4-6-13-18-14(9-15(19-13)20-16)17-12-8-7-11(5-2)10(12)3/h9-12H,4-8,16H2,1-3H3,(H2,17,18,19,20). The van der Waals surface area contributed by atoms with Crippen LogP contribution in [0.3, 0.4) is 0 Å². The van der Waals surface area contributed by atoms with Crippen LogP contribution < -0.4 is 16.6 Å². The van der Waals surface area contributed by atoms with E-state index in [2.05, 4.69) is 41.5 Å². The molecule has 1 aromatic rings. The van der Waals surface area contributed by atoms with Crippen LogP contribution in [-0.2, 0) is 6.42 Å². The highest BCUT2D eigenvalue weighted by Gasteiger charge is 2.31. The Labute approximate surface area is 121 Å². The number of nitrogens with one attached hydrogen (secondary N) is 2. The second kappa shape index (κ2) is 6.88. The lowest BCUT2D eigenvalue weighted by Gasteiger charge is -2.22. The van der Waals surface area contributed by atoms with Gasteiger partial charge < -0.3 is 10.7 Å². The van der Waals surface area contributed by atoms with Crippen molar-refractivity contribution in [3.8, 4) is 0 Å². The number of nitrogens with two attached hydrogens (primary N) is 1. The quantitative estimate of drug-likeness (QED) is 0.550. The molecular formula is C15H27N5. The summed E-state index contributed by atoms with van der Waals surface area (Å²) < 4.78 is 0. The zero-order valence-corrected chi connectivity index (χ0v) is 12.8. The minimum Gasteiger partial charge on any atom is -0.367 e. The van der Waals surface area contributed by atoms with E-state index in [-0.39, 0.29) is 0 Å². The van der Waals surface area contributed by atoms with Gasteiger partial charge in [0, 0.05) is 18.5 Å². The summed E-state index contributed by atoms with van der Waals surface area (Å²) in [5, 5.41) is 3.58. The van der Waals surface area contributed by atoms with Crippen molar-refractivity contribution in [3.63, 3.8) is 0 Å². The summed E-state index contributed by atoms with van der Waals surface area (Å²) in [5.74, 6) is 9.45. The van der Waals surface area contributed by atoms with Crippen molar-refractivity contribution in [2.24, 2.45) is 17.7 Å². The van der Waals surface area contributed by atoms with Gasteiger partial charge in [0.15, 0.2) is 0 Å². The van der Waals surface area contributed by atoms with E-state index < -0.39 is 0 Å². The third-order valence-corrected chi connectivity index (χ3v) is 4.48. The topological polar surface area (TPSA) is 75.9 Å². The third kappa shape index (κ3) is 3.39. The number of aromatic nitrogens is 2. The van der Waals surface area contributed by atoms with E-state index >= 15 is 0 Å². The van der Waals surface area contributed by atoms with Gasteiger partial charge in [0.2, 0.25) is 0 Å². The Bertz CT molecular complexity index is 434. The molecule has 0 radical (unpaired) electrons. The van der Waals surface area contributed by atoms with Crippen LogP contribution in [0, 0.1) is 11.8 Å². The molecule has 1 aliphatic rings. The Morgan fingerprint density at radius 3 is 2.60 bits per heavy atom. The van der Waals surface area contributed by atoms with Crippen LogP contribution in [0.4, 0.5) is 11.6 Å². The molecule has 3 atom stereocenters. The van der Waals surface area contributed by atoms with Crippen molar-refractivity contribution in [2.45, 2.75) is 58.9 Å². The first kappa shape index (κ1) is 15.0. The Morgan fingerprint density at radius 2 is 2.00 bits per heavy atom. The summed E-state index contributed by atoms with van der Waals surface area (Å²) in [6, 6.07) is 2.40. The van der Waals surface area contributed by atoms with Crippen molar-refractivity contribution in [1.29, 1.82) is 0 Å². The molecular weight excluding hydrogens is 250 g/mol. The predicted octanol–water partition coefficient (Wildman–Crippen LogP) is 2.95.